The highest BCUT2D eigenvalue weighted by atomic mass is 35.5. The van der Waals surface area contributed by atoms with E-state index in [4.69, 9.17) is 22.1 Å². The van der Waals surface area contributed by atoms with Crippen LogP contribution in [0.3, 0.4) is 0 Å². The van der Waals surface area contributed by atoms with Gasteiger partial charge in [0.15, 0.2) is 5.60 Å². The Balaban J connectivity index is 2.91. The summed E-state index contributed by atoms with van der Waals surface area (Å²) in [5, 5.41) is 0.666. The first-order chi connectivity index (χ1) is 6.83. The fourth-order valence-corrected chi connectivity index (χ4v) is 1.14. The predicted molar refractivity (Wildman–Crippen MR) is 60.1 cm³/mol. The molecular weight excluding hydrogens is 214 g/mol. The molecule has 1 rings (SSSR count). The standard InChI is InChI=1S/C11H14ClNO2/c1-7-6-8(4-5-9(7)12)15-11(2,3)10(13)14/h4-6H,1-3H3,(H2,13,14). The van der Waals surface area contributed by atoms with Gasteiger partial charge in [-0.3, -0.25) is 4.79 Å². The van der Waals surface area contributed by atoms with Gasteiger partial charge in [0.1, 0.15) is 5.75 Å². The van der Waals surface area contributed by atoms with Crippen LogP contribution in [-0.2, 0) is 4.79 Å². The molecule has 0 radical (unpaired) electrons. The van der Waals surface area contributed by atoms with Crippen molar-refractivity contribution in [3.63, 3.8) is 0 Å². The molecule has 1 aromatic rings. The van der Waals surface area contributed by atoms with Crippen LogP contribution in [0.1, 0.15) is 19.4 Å². The number of hydrogen-bond acceptors (Lipinski definition) is 2. The third kappa shape index (κ3) is 2.86. The van der Waals surface area contributed by atoms with Crippen LogP contribution < -0.4 is 10.5 Å². The lowest BCUT2D eigenvalue weighted by Gasteiger charge is -2.22. The molecule has 0 saturated carbocycles. The van der Waals surface area contributed by atoms with Crippen LogP contribution in [0, 0.1) is 6.92 Å². The van der Waals surface area contributed by atoms with Gasteiger partial charge in [0.25, 0.3) is 5.91 Å². The molecule has 0 heterocycles. The normalized spacial score (nSPS) is 11.2. The lowest BCUT2D eigenvalue weighted by atomic mass is 10.1. The van der Waals surface area contributed by atoms with E-state index >= 15 is 0 Å². The second-order valence-electron chi connectivity index (χ2n) is 3.89. The molecule has 0 aliphatic carbocycles. The van der Waals surface area contributed by atoms with Crippen LogP contribution in [0.25, 0.3) is 0 Å². The molecule has 0 atom stereocenters. The first-order valence-electron chi connectivity index (χ1n) is 4.58. The Morgan fingerprint density at radius 3 is 2.53 bits per heavy atom. The molecule has 0 aliphatic rings. The number of amides is 1. The number of ether oxygens (including phenoxy) is 1. The van der Waals surface area contributed by atoms with Crippen molar-refractivity contribution in [2.45, 2.75) is 26.4 Å². The maximum Gasteiger partial charge on any atom is 0.261 e. The average Bonchev–Trinajstić information content (AvgIpc) is 2.10. The van der Waals surface area contributed by atoms with Crippen molar-refractivity contribution < 1.29 is 9.53 Å². The maximum absolute atomic E-state index is 11.0. The number of nitrogens with two attached hydrogens (primary N) is 1. The lowest BCUT2D eigenvalue weighted by molar-refractivity contribution is -0.130. The smallest absolute Gasteiger partial charge is 0.261 e. The highest BCUT2D eigenvalue weighted by molar-refractivity contribution is 6.31. The van der Waals surface area contributed by atoms with Gasteiger partial charge >= 0.3 is 0 Å². The molecule has 0 bridgehead atoms. The quantitative estimate of drug-likeness (QED) is 0.862. The van der Waals surface area contributed by atoms with Gasteiger partial charge in [-0.05, 0) is 44.5 Å². The number of carbonyl (C=O) groups is 1. The number of primary amides is 1. The largest absolute Gasteiger partial charge is 0.478 e. The number of benzene rings is 1. The topological polar surface area (TPSA) is 52.3 Å². The van der Waals surface area contributed by atoms with Gasteiger partial charge in [0.2, 0.25) is 0 Å². The van der Waals surface area contributed by atoms with Gasteiger partial charge in [-0.1, -0.05) is 11.6 Å². The Morgan fingerprint density at radius 2 is 2.07 bits per heavy atom. The Morgan fingerprint density at radius 1 is 1.47 bits per heavy atom. The molecule has 2 N–H and O–H groups in total. The van der Waals surface area contributed by atoms with Crippen molar-refractivity contribution in [2.24, 2.45) is 5.73 Å². The fraction of sp³-hybridized carbons (Fsp3) is 0.364. The zero-order valence-electron chi connectivity index (χ0n) is 9.00. The Kier molecular flexibility index (Phi) is 3.25. The van der Waals surface area contributed by atoms with E-state index in [2.05, 4.69) is 0 Å². The highest BCUT2D eigenvalue weighted by Crippen LogP contribution is 2.24. The van der Waals surface area contributed by atoms with Crippen molar-refractivity contribution >= 4 is 17.5 Å². The molecule has 0 aliphatic heterocycles. The van der Waals surface area contributed by atoms with E-state index in [9.17, 15) is 4.79 Å². The minimum absolute atomic E-state index is 0.505. The van der Waals surface area contributed by atoms with E-state index in [1.54, 1.807) is 32.0 Å². The molecule has 1 aromatic carbocycles. The van der Waals surface area contributed by atoms with Crippen LogP contribution in [-0.4, -0.2) is 11.5 Å². The molecule has 0 fully saturated rings. The van der Waals surface area contributed by atoms with E-state index in [0.717, 1.165) is 5.56 Å². The Bertz CT molecular complexity index is 388. The third-order valence-corrected chi connectivity index (χ3v) is 2.52. The molecule has 1 amide bonds. The summed E-state index contributed by atoms with van der Waals surface area (Å²) in [6, 6.07) is 5.20. The van der Waals surface area contributed by atoms with E-state index in [1.165, 1.54) is 0 Å². The third-order valence-electron chi connectivity index (χ3n) is 2.10. The molecule has 82 valence electrons. The lowest BCUT2D eigenvalue weighted by Crippen LogP contribution is -2.43. The summed E-state index contributed by atoms with van der Waals surface area (Å²) in [5.74, 6) is 0.0794. The van der Waals surface area contributed by atoms with Gasteiger partial charge in [0, 0.05) is 5.02 Å². The molecule has 4 heteroatoms. The molecule has 0 aromatic heterocycles. The first kappa shape index (κ1) is 11.9. The Labute approximate surface area is 94.2 Å². The number of carbonyl (C=O) groups excluding carboxylic acids is 1. The van der Waals surface area contributed by atoms with Gasteiger partial charge in [-0.2, -0.15) is 0 Å². The summed E-state index contributed by atoms with van der Waals surface area (Å²) >= 11 is 5.87. The molecular formula is C11H14ClNO2. The van der Waals surface area contributed by atoms with Crippen molar-refractivity contribution in [3.8, 4) is 5.75 Å². The summed E-state index contributed by atoms with van der Waals surface area (Å²) in [5.41, 5.74) is 5.08. The summed E-state index contributed by atoms with van der Waals surface area (Å²) in [6.07, 6.45) is 0. The fourth-order valence-electron chi connectivity index (χ4n) is 1.03. The summed E-state index contributed by atoms with van der Waals surface area (Å²) in [6.45, 7) is 5.12. The summed E-state index contributed by atoms with van der Waals surface area (Å²) in [7, 11) is 0. The van der Waals surface area contributed by atoms with Gasteiger partial charge in [-0.15, -0.1) is 0 Å². The van der Waals surface area contributed by atoms with Crippen LogP contribution >= 0.6 is 11.6 Å². The average molecular weight is 228 g/mol. The number of aryl methyl sites for hydroxylation is 1. The van der Waals surface area contributed by atoms with Crippen LogP contribution in [0.4, 0.5) is 0 Å². The zero-order valence-corrected chi connectivity index (χ0v) is 9.76. The highest BCUT2D eigenvalue weighted by Gasteiger charge is 2.27. The maximum atomic E-state index is 11.0. The minimum Gasteiger partial charge on any atom is -0.478 e. The predicted octanol–water partition coefficient (Wildman–Crippen LogP) is 2.29. The van der Waals surface area contributed by atoms with Gasteiger partial charge in [0.05, 0.1) is 0 Å². The SMILES string of the molecule is Cc1cc(OC(C)(C)C(N)=O)ccc1Cl. The van der Waals surface area contributed by atoms with Crippen molar-refractivity contribution in [3.05, 3.63) is 28.8 Å². The van der Waals surface area contributed by atoms with E-state index in [-0.39, 0.29) is 0 Å². The number of hydrogen-bond donors (Lipinski definition) is 1. The molecule has 15 heavy (non-hydrogen) atoms. The van der Waals surface area contributed by atoms with Crippen LogP contribution in [0.5, 0.6) is 5.75 Å². The first-order valence-corrected chi connectivity index (χ1v) is 4.96. The van der Waals surface area contributed by atoms with E-state index < -0.39 is 11.5 Å². The zero-order chi connectivity index (χ0) is 11.6. The van der Waals surface area contributed by atoms with Crippen molar-refractivity contribution in [1.29, 1.82) is 0 Å². The Hall–Kier alpha value is -1.22. The van der Waals surface area contributed by atoms with Gasteiger partial charge < -0.3 is 10.5 Å². The van der Waals surface area contributed by atoms with Crippen LogP contribution in [0.15, 0.2) is 18.2 Å². The molecule has 0 unspecified atom stereocenters. The minimum atomic E-state index is -1.01. The molecule has 0 saturated heterocycles. The summed E-state index contributed by atoms with van der Waals surface area (Å²) < 4.78 is 5.47. The molecule has 0 spiro atoms. The number of halogens is 1. The second kappa shape index (κ2) is 4.11. The second-order valence-corrected chi connectivity index (χ2v) is 4.29. The molecule has 3 nitrogen and oxygen atoms in total. The van der Waals surface area contributed by atoms with Crippen molar-refractivity contribution in [1.82, 2.24) is 0 Å². The van der Waals surface area contributed by atoms with Crippen molar-refractivity contribution in [2.75, 3.05) is 0 Å². The number of rotatable bonds is 3. The monoisotopic (exact) mass is 227 g/mol. The van der Waals surface area contributed by atoms with Gasteiger partial charge in [-0.25, -0.2) is 0 Å². The van der Waals surface area contributed by atoms with E-state index in [1.807, 2.05) is 6.92 Å². The van der Waals surface area contributed by atoms with E-state index in [0.29, 0.717) is 10.8 Å². The summed E-state index contributed by atoms with van der Waals surface area (Å²) in [4.78, 5) is 11.0. The van der Waals surface area contributed by atoms with Crippen LogP contribution in [0.2, 0.25) is 5.02 Å².